The van der Waals surface area contributed by atoms with Gasteiger partial charge in [0.15, 0.2) is 0 Å². The molecular weight excluding hydrogens is 180 g/mol. The Labute approximate surface area is 82.0 Å². The Morgan fingerprint density at radius 1 is 0.571 bits per heavy atom. The fourth-order valence-corrected chi connectivity index (χ4v) is 0.507. The third-order valence-corrected chi connectivity index (χ3v) is 0.955. The van der Waals surface area contributed by atoms with E-state index < -0.39 is 0 Å². The standard InChI is InChI=1S/2C4H4N2.H4N2/c2*1-2-5-4-6-3-1;1-2/h2*1-4H;1-2H2. The molecule has 0 bridgehead atoms. The van der Waals surface area contributed by atoms with Crippen LogP contribution in [0.1, 0.15) is 0 Å². The van der Waals surface area contributed by atoms with Gasteiger partial charge in [-0.3, -0.25) is 11.7 Å². The average Bonchev–Trinajstić information content (AvgIpc) is 2.37. The molecule has 6 nitrogen and oxygen atoms in total. The van der Waals surface area contributed by atoms with Crippen molar-refractivity contribution in [2.24, 2.45) is 11.7 Å². The minimum atomic E-state index is 1.50. The molecule has 0 aliphatic heterocycles. The zero-order valence-electron chi connectivity index (χ0n) is 7.56. The van der Waals surface area contributed by atoms with Gasteiger partial charge in [-0.2, -0.15) is 0 Å². The lowest BCUT2D eigenvalue weighted by atomic mass is 10.7. The second-order valence-electron chi connectivity index (χ2n) is 1.81. The molecule has 0 atom stereocenters. The summed E-state index contributed by atoms with van der Waals surface area (Å²) in [6.45, 7) is 0. The molecule has 0 amide bonds. The zero-order chi connectivity index (χ0) is 10.5. The maximum Gasteiger partial charge on any atom is 0.115 e. The highest BCUT2D eigenvalue weighted by Gasteiger charge is 1.59. The molecule has 0 aliphatic carbocycles. The summed E-state index contributed by atoms with van der Waals surface area (Å²) in [7, 11) is 0. The van der Waals surface area contributed by atoms with Crippen molar-refractivity contribution in [2.75, 3.05) is 0 Å². The highest BCUT2D eigenvalue weighted by Crippen LogP contribution is 1.67. The Bertz CT molecular complexity index is 189. The van der Waals surface area contributed by atoms with Gasteiger partial charge in [0.2, 0.25) is 0 Å². The van der Waals surface area contributed by atoms with Gasteiger partial charge in [-0.05, 0) is 12.1 Å². The van der Waals surface area contributed by atoms with Crippen LogP contribution < -0.4 is 11.7 Å². The lowest BCUT2D eigenvalue weighted by Gasteiger charge is -1.70. The van der Waals surface area contributed by atoms with Crippen LogP contribution in [0.4, 0.5) is 0 Å². The highest BCUT2D eigenvalue weighted by atomic mass is 15.0. The summed E-state index contributed by atoms with van der Waals surface area (Å²) in [5.41, 5.74) is 0. The fraction of sp³-hybridized carbons (Fsp3) is 0. The summed E-state index contributed by atoms with van der Waals surface area (Å²) in [4.78, 5) is 14.7. The molecule has 0 aliphatic rings. The summed E-state index contributed by atoms with van der Waals surface area (Å²) in [6, 6.07) is 3.56. The van der Waals surface area contributed by atoms with Crippen LogP contribution in [0.3, 0.4) is 0 Å². The van der Waals surface area contributed by atoms with Gasteiger partial charge in [0.05, 0.1) is 0 Å². The van der Waals surface area contributed by atoms with Crippen LogP contribution in [0.5, 0.6) is 0 Å². The van der Waals surface area contributed by atoms with Gasteiger partial charge in [-0.1, -0.05) is 0 Å². The predicted molar refractivity (Wildman–Crippen MR) is 52.4 cm³/mol. The third kappa shape index (κ3) is 8.18. The molecule has 2 aromatic rings. The monoisotopic (exact) mass is 192 g/mol. The van der Waals surface area contributed by atoms with Gasteiger partial charge in [0, 0.05) is 24.8 Å². The topological polar surface area (TPSA) is 104 Å². The van der Waals surface area contributed by atoms with Crippen LogP contribution in [0, 0.1) is 0 Å². The predicted octanol–water partition coefficient (Wildman–Crippen LogP) is -0.228. The van der Waals surface area contributed by atoms with Crippen LogP contribution in [-0.4, -0.2) is 19.9 Å². The third-order valence-electron chi connectivity index (χ3n) is 0.955. The summed E-state index contributed by atoms with van der Waals surface area (Å²) >= 11 is 0. The molecule has 0 unspecified atom stereocenters. The molecule has 0 radical (unpaired) electrons. The minimum absolute atomic E-state index is 1.50. The summed E-state index contributed by atoms with van der Waals surface area (Å²) < 4.78 is 0. The maximum absolute atomic E-state index is 4.00. The molecule has 0 spiro atoms. The van der Waals surface area contributed by atoms with E-state index in [9.17, 15) is 0 Å². The quantitative estimate of drug-likeness (QED) is 0.441. The van der Waals surface area contributed by atoms with Crippen LogP contribution in [-0.2, 0) is 0 Å². The molecule has 0 aromatic carbocycles. The lowest BCUT2D eigenvalue weighted by Crippen LogP contribution is -2.02. The van der Waals surface area contributed by atoms with Crippen molar-refractivity contribution in [3.8, 4) is 0 Å². The van der Waals surface area contributed by atoms with E-state index in [1.807, 2.05) is 0 Å². The maximum atomic E-state index is 4.00. The lowest BCUT2D eigenvalue weighted by molar-refractivity contribution is 1.17. The molecular formula is C8H12N6. The minimum Gasteiger partial charge on any atom is -0.274 e. The highest BCUT2D eigenvalue weighted by molar-refractivity contribution is 4.74. The number of aromatic nitrogens is 4. The van der Waals surface area contributed by atoms with Crippen LogP contribution >= 0.6 is 0 Å². The number of hydrazine groups is 1. The normalized spacial score (nSPS) is 7.29. The molecule has 0 fully saturated rings. The number of nitrogens with two attached hydrogens (primary N) is 2. The largest absolute Gasteiger partial charge is 0.274 e. The van der Waals surface area contributed by atoms with Crippen molar-refractivity contribution in [1.82, 2.24) is 19.9 Å². The summed E-state index contributed by atoms with van der Waals surface area (Å²) in [5.74, 6) is 8.00. The first kappa shape index (κ1) is 12.1. The van der Waals surface area contributed by atoms with Crippen LogP contribution in [0.25, 0.3) is 0 Å². The van der Waals surface area contributed by atoms with Crippen molar-refractivity contribution < 1.29 is 0 Å². The molecule has 2 heterocycles. The van der Waals surface area contributed by atoms with E-state index in [1.54, 1.807) is 36.9 Å². The van der Waals surface area contributed by atoms with E-state index in [-0.39, 0.29) is 0 Å². The van der Waals surface area contributed by atoms with Gasteiger partial charge in [0.1, 0.15) is 12.7 Å². The summed E-state index contributed by atoms with van der Waals surface area (Å²) in [6.07, 6.45) is 9.75. The first-order chi connectivity index (χ1) is 7.00. The van der Waals surface area contributed by atoms with E-state index in [1.165, 1.54) is 12.7 Å². The van der Waals surface area contributed by atoms with Crippen molar-refractivity contribution in [2.45, 2.75) is 0 Å². The molecule has 0 saturated heterocycles. The van der Waals surface area contributed by atoms with E-state index in [2.05, 4.69) is 31.6 Å². The van der Waals surface area contributed by atoms with E-state index in [0.29, 0.717) is 0 Å². The number of hydrogen-bond donors (Lipinski definition) is 2. The fourth-order valence-electron chi connectivity index (χ4n) is 0.507. The molecule has 74 valence electrons. The van der Waals surface area contributed by atoms with Gasteiger partial charge < -0.3 is 0 Å². The molecule has 2 rings (SSSR count). The Hall–Kier alpha value is -1.92. The average molecular weight is 192 g/mol. The Balaban J connectivity index is 0.000000206. The number of hydrogen-bond acceptors (Lipinski definition) is 6. The Morgan fingerprint density at radius 3 is 0.929 bits per heavy atom. The Morgan fingerprint density at radius 2 is 0.857 bits per heavy atom. The van der Waals surface area contributed by atoms with Crippen molar-refractivity contribution in [3.05, 3.63) is 49.6 Å². The van der Waals surface area contributed by atoms with E-state index in [4.69, 9.17) is 0 Å². The van der Waals surface area contributed by atoms with Crippen molar-refractivity contribution in [3.63, 3.8) is 0 Å². The molecule has 4 N–H and O–H groups in total. The van der Waals surface area contributed by atoms with Crippen LogP contribution in [0.2, 0.25) is 0 Å². The smallest absolute Gasteiger partial charge is 0.115 e. The van der Waals surface area contributed by atoms with Gasteiger partial charge in [-0.15, -0.1) is 0 Å². The van der Waals surface area contributed by atoms with Gasteiger partial charge in [0.25, 0.3) is 0 Å². The van der Waals surface area contributed by atoms with E-state index in [0.717, 1.165) is 0 Å². The first-order valence-electron chi connectivity index (χ1n) is 3.73. The zero-order valence-corrected chi connectivity index (χ0v) is 7.56. The number of rotatable bonds is 0. The van der Waals surface area contributed by atoms with Crippen molar-refractivity contribution in [1.29, 1.82) is 0 Å². The number of nitrogens with zero attached hydrogens (tertiary/aromatic N) is 4. The second-order valence-corrected chi connectivity index (χ2v) is 1.81. The SMILES string of the molecule is NN.c1cncnc1.c1cncnc1. The van der Waals surface area contributed by atoms with Gasteiger partial charge in [-0.25, -0.2) is 19.9 Å². The van der Waals surface area contributed by atoms with Crippen molar-refractivity contribution >= 4 is 0 Å². The second kappa shape index (κ2) is 11.1. The molecule has 14 heavy (non-hydrogen) atoms. The van der Waals surface area contributed by atoms with Crippen LogP contribution in [0.15, 0.2) is 49.6 Å². The van der Waals surface area contributed by atoms with E-state index >= 15 is 0 Å². The molecule has 2 aromatic heterocycles. The Kier molecular flexibility index (Phi) is 9.56. The van der Waals surface area contributed by atoms with Gasteiger partial charge >= 0.3 is 0 Å². The molecule has 6 heteroatoms. The first-order valence-corrected chi connectivity index (χ1v) is 3.73. The summed E-state index contributed by atoms with van der Waals surface area (Å²) in [5, 5.41) is 0. The molecule has 0 saturated carbocycles.